The van der Waals surface area contributed by atoms with Gasteiger partial charge in [0.25, 0.3) is 0 Å². The zero-order valence-electron chi connectivity index (χ0n) is 14.1. The van der Waals surface area contributed by atoms with Crippen LogP contribution in [0.1, 0.15) is 18.4 Å². The molecule has 3 rings (SSSR count). The van der Waals surface area contributed by atoms with Crippen molar-refractivity contribution in [3.63, 3.8) is 0 Å². The number of rotatable bonds is 6. The van der Waals surface area contributed by atoms with Crippen LogP contribution >= 0.6 is 15.9 Å². The highest BCUT2D eigenvalue weighted by molar-refractivity contribution is 9.10. The van der Waals surface area contributed by atoms with Gasteiger partial charge in [0.05, 0.1) is 17.2 Å². The van der Waals surface area contributed by atoms with Crippen molar-refractivity contribution in [1.29, 1.82) is 5.41 Å². The smallest absolute Gasteiger partial charge is 0.152 e. The standard InChI is InChI=1S/C19H21BrN4O/c1-13-3-5-15-17(11-13)25-18-12-14(20)4-6-16(18)24(15)10-7-19(22)23-9-2-8-21/h3-6,8,11-12,21H,2,7,9-10H2,1H3,(H2,22,23). The van der Waals surface area contributed by atoms with Crippen LogP contribution in [0.4, 0.5) is 11.4 Å². The molecule has 0 spiro atoms. The zero-order valence-corrected chi connectivity index (χ0v) is 15.7. The third kappa shape index (κ3) is 4.02. The molecule has 0 amide bonds. The molecule has 1 heterocycles. The molecule has 1 aliphatic rings. The van der Waals surface area contributed by atoms with Gasteiger partial charge in [0.2, 0.25) is 0 Å². The molecular formula is C19H21BrN4O. The number of fused-ring (bicyclic) bond motifs is 2. The van der Waals surface area contributed by atoms with Crippen molar-refractivity contribution in [2.45, 2.75) is 19.8 Å². The SMILES string of the molecule is Cc1ccc2c(c1)Oc1cc(Br)ccc1N2CCC(N)=NCCC=N. The number of halogens is 1. The predicted octanol–water partition coefficient (Wildman–Crippen LogP) is 4.79. The molecule has 3 N–H and O–H groups in total. The fourth-order valence-electron chi connectivity index (χ4n) is 2.79. The summed E-state index contributed by atoms with van der Waals surface area (Å²) in [5, 5.41) is 7.05. The number of hydrogen-bond acceptors (Lipinski definition) is 4. The van der Waals surface area contributed by atoms with Gasteiger partial charge in [0.1, 0.15) is 0 Å². The van der Waals surface area contributed by atoms with Gasteiger partial charge < -0.3 is 20.8 Å². The van der Waals surface area contributed by atoms with E-state index >= 15 is 0 Å². The molecule has 2 aromatic rings. The lowest BCUT2D eigenvalue weighted by Crippen LogP contribution is -2.26. The molecule has 0 aliphatic carbocycles. The molecular weight excluding hydrogens is 380 g/mol. The lowest BCUT2D eigenvalue weighted by atomic mass is 10.1. The number of ether oxygens (including phenoxy) is 1. The fraction of sp³-hybridized carbons (Fsp3) is 0.263. The van der Waals surface area contributed by atoms with Crippen molar-refractivity contribution in [1.82, 2.24) is 0 Å². The van der Waals surface area contributed by atoms with Crippen molar-refractivity contribution >= 4 is 39.4 Å². The predicted molar refractivity (Wildman–Crippen MR) is 107 cm³/mol. The summed E-state index contributed by atoms with van der Waals surface area (Å²) in [6.45, 7) is 3.34. The molecule has 0 aromatic heterocycles. The van der Waals surface area contributed by atoms with Crippen molar-refractivity contribution in [3.05, 3.63) is 46.4 Å². The summed E-state index contributed by atoms with van der Waals surface area (Å²) in [7, 11) is 0. The molecule has 1 aliphatic heterocycles. The van der Waals surface area contributed by atoms with Gasteiger partial charge in [0, 0.05) is 30.4 Å². The number of amidine groups is 1. The summed E-state index contributed by atoms with van der Waals surface area (Å²) in [5.41, 5.74) is 9.24. The van der Waals surface area contributed by atoms with Gasteiger partial charge in [-0.1, -0.05) is 22.0 Å². The molecule has 0 fully saturated rings. The van der Waals surface area contributed by atoms with Crippen LogP contribution in [0.25, 0.3) is 0 Å². The average molecular weight is 401 g/mol. The van der Waals surface area contributed by atoms with Crippen LogP contribution in [0.3, 0.4) is 0 Å². The Kier molecular flexibility index (Phi) is 5.38. The third-order valence-electron chi connectivity index (χ3n) is 4.02. The van der Waals surface area contributed by atoms with Crippen LogP contribution < -0.4 is 15.4 Å². The van der Waals surface area contributed by atoms with Crippen LogP contribution in [0.2, 0.25) is 0 Å². The first-order valence-corrected chi connectivity index (χ1v) is 9.01. The quantitative estimate of drug-likeness (QED) is 0.415. The lowest BCUT2D eigenvalue weighted by molar-refractivity contribution is 0.472. The normalized spacial score (nSPS) is 13.0. The molecule has 0 saturated heterocycles. The van der Waals surface area contributed by atoms with E-state index in [1.807, 2.05) is 24.3 Å². The molecule has 0 unspecified atom stereocenters. The highest BCUT2D eigenvalue weighted by atomic mass is 79.9. The maximum absolute atomic E-state index is 7.05. The van der Waals surface area contributed by atoms with Crippen LogP contribution in [0.5, 0.6) is 11.5 Å². The Morgan fingerprint density at radius 3 is 2.72 bits per heavy atom. The van der Waals surface area contributed by atoms with Gasteiger partial charge in [-0.3, -0.25) is 4.99 Å². The van der Waals surface area contributed by atoms with E-state index in [1.54, 1.807) is 0 Å². The number of hydrogen-bond donors (Lipinski definition) is 2. The fourth-order valence-corrected chi connectivity index (χ4v) is 3.13. The first-order valence-electron chi connectivity index (χ1n) is 8.22. The largest absolute Gasteiger partial charge is 0.453 e. The van der Waals surface area contributed by atoms with Gasteiger partial charge in [-0.25, -0.2) is 0 Å². The van der Waals surface area contributed by atoms with Crippen molar-refractivity contribution in [2.24, 2.45) is 10.7 Å². The minimum Gasteiger partial charge on any atom is -0.453 e. The van der Waals surface area contributed by atoms with E-state index in [0.717, 1.165) is 32.9 Å². The van der Waals surface area contributed by atoms with Gasteiger partial charge in [-0.2, -0.15) is 0 Å². The summed E-state index contributed by atoms with van der Waals surface area (Å²) in [6, 6.07) is 12.3. The molecule has 0 bridgehead atoms. The zero-order chi connectivity index (χ0) is 17.8. The van der Waals surface area contributed by atoms with E-state index < -0.39 is 0 Å². The Morgan fingerprint density at radius 2 is 1.96 bits per heavy atom. The maximum atomic E-state index is 7.05. The summed E-state index contributed by atoms with van der Waals surface area (Å²) in [4.78, 5) is 6.54. The summed E-state index contributed by atoms with van der Waals surface area (Å²) in [6.07, 6.45) is 2.63. The summed E-state index contributed by atoms with van der Waals surface area (Å²) >= 11 is 3.51. The van der Waals surface area contributed by atoms with E-state index in [1.165, 1.54) is 6.21 Å². The van der Waals surface area contributed by atoms with Crippen molar-refractivity contribution in [2.75, 3.05) is 18.0 Å². The highest BCUT2D eigenvalue weighted by Gasteiger charge is 2.24. The van der Waals surface area contributed by atoms with E-state index in [0.29, 0.717) is 31.8 Å². The first kappa shape index (κ1) is 17.5. The number of nitrogens with two attached hydrogens (primary N) is 1. The Balaban J connectivity index is 1.87. The molecule has 2 aromatic carbocycles. The molecule has 25 heavy (non-hydrogen) atoms. The van der Waals surface area contributed by atoms with Crippen LogP contribution in [0, 0.1) is 12.3 Å². The lowest BCUT2D eigenvalue weighted by Gasteiger charge is -2.33. The number of anilines is 2. The molecule has 0 radical (unpaired) electrons. The topological polar surface area (TPSA) is 74.7 Å². The minimum absolute atomic E-state index is 0.567. The highest BCUT2D eigenvalue weighted by Crippen LogP contribution is 2.47. The number of benzene rings is 2. The molecule has 0 saturated carbocycles. The second-order valence-electron chi connectivity index (χ2n) is 5.95. The molecule has 6 heteroatoms. The average Bonchev–Trinajstić information content (AvgIpc) is 2.58. The van der Waals surface area contributed by atoms with E-state index in [9.17, 15) is 0 Å². The van der Waals surface area contributed by atoms with Crippen LogP contribution in [-0.2, 0) is 0 Å². The summed E-state index contributed by atoms with van der Waals surface area (Å²) in [5.74, 6) is 2.29. The Hall–Kier alpha value is -2.34. The van der Waals surface area contributed by atoms with Crippen LogP contribution in [-0.4, -0.2) is 25.1 Å². The second kappa shape index (κ2) is 7.70. The Labute approximate surface area is 156 Å². The van der Waals surface area contributed by atoms with Crippen molar-refractivity contribution in [3.8, 4) is 11.5 Å². The first-order chi connectivity index (χ1) is 12.1. The number of aliphatic imine (C=N–C) groups is 1. The molecule has 5 nitrogen and oxygen atoms in total. The number of nitrogens with zero attached hydrogens (tertiary/aromatic N) is 2. The Morgan fingerprint density at radius 1 is 1.24 bits per heavy atom. The second-order valence-corrected chi connectivity index (χ2v) is 6.87. The number of nitrogens with one attached hydrogen (secondary N) is 1. The van der Waals surface area contributed by atoms with Gasteiger partial charge in [-0.15, -0.1) is 0 Å². The van der Waals surface area contributed by atoms with E-state index in [2.05, 4.69) is 44.9 Å². The maximum Gasteiger partial charge on any atom is 0.152 e. The van der Waals surface area contributed by atoms with Gasteiger partial charge in [0.15, 0.2) is 11.5 Å². The molecule has 0 atom stereocenters. The van der Waals surface area contributed by atoms with Gasteiger partial charge in [-0.05, 0) is 49.0 Å². The monoisotopic (exact) mass is 400 g/mol. The number of aryl methyl sites for hydroxylation is 1. The minimum atomic E-state index is 0.567. The Bertz CT molecular complexity index is 768. The molecule has 130 valence electrons. The van der Waals surface area contributed by atoms with E-state index in [4.69, 9.17) is 15.9 Å². The third-order valence-corrected chi connectivity index (χ3v) is 4.51. The van der Waals surface area contributed by atoms with Crippen molar-refractivity contribution < 1.29 is 4.74 Å². The van der Waals surface area contributed by atoms with Gasteiger partial charge >= 0.3 is 0 Å². The van der Waals surface area contributed by atoms with E-state index in [-0.39, 0.29) is 0 Å². The van der Waals surface area contributed by atoms with Crippen LogP contribution in [0.15, 0.2) is 45.9 Å². The summed E-state index contributed by atoms with van der Waals surface area (Å²) < 4.78 is 7.08.